The lowest BCUT2D eigenvalue weighted by Gasteiger charge is -2.11. The van der Waals surface area contributed by atoms with E-state index in [1.165, 1.54) is 24.9 Å². The Hall–Kier alpha value is -2.49. The number of methoxy groups -OCH3 is 1. The minimum Gasteiger partial charge on any atom is -0.468 e. The van der Waals surface area contributed by atoms with Crippen LogP contribution < -0.4 is 15.8 Å². The van der Waals surface area contributed by atoms with Gasteiger partial charge in [-0.05, 0) is 42.2 Å². The summed E-state index contributed by atoms with van der Waals surface area (Å²) in [7, 11) is 1.29. The lowest BCUT2D eigenvalue weighted by Crippen LogP contribution is -2.33. The molecule has 1 aliphatic rings. The largest absolute Gasteiger partial charge is 0.468 e. The van der Waals surface area contributed by atoms with Crippen molar-refractivity contribution < 1.29 is 23.5 Å². The first-order valence-corrected chi connectivity index (χ1v) is 10.0. The molecule has 1 fully saturated rings. The number of thiocarbonyl (C=S) groups is 1. The van der Waals surface area contributed by atoms with Gasteiger partial charge >= 0.3 is 5.97 Å². The normalized spacial score (nSPS) is 17.0. The molecule has 152 valence electrons. The molecule has 1 unspecified atom stereocenters. The smallest absolute Gasteiger partial charge is 0.322 e. The summed E-state index contributed by atoms with van der Waals surface area (Å²) in [6.45, 7) is 0. The molecule has 0 saturated carbocycles. The summed E-state index contributed by atoms with van der Waals surface area (Å²) in [6.07, 6.45) is 0.588. The maximum atomic E-state index is 14.4. The van der Waals surface area contributed by atoms with Crippen LogP contribution in [0.15, 0.2) is 42.5 Å². The molecule has 1 amide bonds. The molecule has 0 radical (unpaired) electrons. The van der Waals surface area contributed by atoms with E-state index >= 15 is 0 Å². The van der Waals surface area contributed by atoms with Crippen LogP contribution in [0.3, 0.4) is 0 Å². The van der Waals surface area contributed by atoms with E-state index in [2.05, 4.69) is 10.1 Å². The monoisotopic (exact) mass is 434 g/mol. The molecule has 0 aliphatic carbocycles. The topological polar surface area (TPSA) is 90.7 Å². The molecule has 29 heavy (non-hydrogen) atoms. The summed E-state index contributed by atoms with van der Waals surface area (Å²) in [5, 5.41) is 2.13. The van der Waals surface area contributed by atoms with Crippen molar-refractivity contribution in [3.8, 4) is 11.5 Å². The van der Waals surface area contributed by atoms with Crippen molar-refractivity contribution in [3.05, 3.63) is 59.4 Å². The molecule has 3 rings (SSSR count). The highest BCUT2D eigenvalue weighted by molar-refractivity contribution is 8.24. The van der Waals surface area contributed by atoms with Gasteiger partial charge in [0, 0.05) is 6.07 Å². The van der Waals surface area contributed by atoms with Gasteiger partial charge in [0.05, 0.1) is 12.4 Å². The second kappa shape index (κ2) is 9.34. The Labute approximate surface area is 176 Å². The summed E-state index contributed by atoms with van der Waals surface area (Å²) in [5.41, 5.74) is 7.01. The zero-order chi connectivity index (χ0) is 21.0. The Kier molecular flexibility index (Phi) is 6.83. The van der Waals surface area contributed by atoms with E-state index in [9.17, 15) is 14.0 Å². The maximum absolute atomic E-state index is 14.4. The highest BCUT2D eigenvalue weighted by atomic mass is 32.2. The summed E-state index contributed by atoms with van der Waals surface area (Å²) in [6, 6.07) is 10.8. The van der Waals surface area contributed by atoms with Crippen LogP contribution in [0.5, 0.6) is 11.5 Å². The van der Waals surface area contributed by atoms with Crippen LogP contribution in [0.1, 0.15) is 11.1 Å². The fraction of sp³-hybridized carbons (Fsp3) is 0.250. The van der Waals surface area contributed by atoms with Crippen LogP contribution in [-0.2, 0) is 27.2 Å². The quantitative estimate of drug-likeness (QED) is 0.511. The fourth-order valence-corrected chi connectivity index (χ4v) is 4.10. The predicted molar refractivity (Wildman–Crippen MR) is 112 cm³/mol. The Morgan fingerprint density at radius 2 is 1.97 bits per heavy atom. The molecule has 1 saturated heterocycles. The summed E-state index contributed by atoms with van der Waals surface area (Å²) < 4.78 is 25.1. The van der Waals surface area contributed by atoms with Gasteiger partial charge in [-0.15, -0.1) is 0 Å². The van der Waals surface area contributed by atoms with Gasteiger partial charge in [-0.25, -0.2) is 4.39 Å². The van der Waals surface area contributed by atoms with Crippen molar-refractivity contribution in [2.75, 3.05) is 7.11 Å². The molecular formula is C20H19FN2O4S2. The number of nitrogens with two attached hydrogens (primary N) is 1. The standard InChI is InChI=1S/C20H19FN2O4S2/c1-26-19(25)16(22)8-11-2-5-13(6-3-11)27-14-7-4-12(15(21)10-14)9-17-18(24)23-20(28)29-17/h2-7,10,16-17H,8-9,22H2,1H3,(H,23,24,28)/t16-,17?/m0/s1. The molecule has 2 aromatic carbocycles. The molecule has 0 bridgehead atoms. The fourth-order valence-electron chi connectivity index (χ4n) is 2.80. The van der Waals surface area contributed by atoms with E-state index in [0.717, 1.165) is 5.56 Å². The van der Waals surface area contributed by atoms with Gasteiger partial charge < -0.3 is 20.5 Å². The van der Waals surface area contributed by atoms with Crippen LogP contribution in [0.2, 0.25) is 0 Å². The summed E-state index contributed by atoms with van der Waals surface area (Å²) >= 11 is 6.18. The van der Waals surface area contributed by atoms with E-state index in [1.807, 2.05) is 0 Å². The third kappa shape index (κ3) is 5.53. The Morgan fingerprint density at radius 3 is 2.55 bits per heavy atom. The molecule has 0 aromatic heterocycles. The van der Waals surface area contributed by atoms with Gasteiger partial charge in [0.1, 0.15) is 27.7 Å². The minimum atomic E-state index is -0.733. The van der Waals surface area contributed by atoms with Gasteiger partial charge in [0.15, 0.2) is 0 Å². The number of rotatable bonds is 7. The molecule has 1 heterocycles. The minimum absolute atomic E-state index is 0.202. The lowest BCUT2D eigenvalue weighted by molar-refractivity contribution is -0.142. The number of ether oxygens (including phenoxy) is 2. The first kappa shape index (κ1) is 21.2. The lowest BCUT2D eigenvalue weighted by atomic mass is 10.1. The van der Waals surface area contributed by atoms with E-state index in [4.69, 9.17) is 22.7 Å². The number of thioether (sulfide) groups is 1. The number of carbonyl (C=O) groups excluding carboxylic acids is 2. The van der Waals surface area contributed by atoms with E-state index < -0.39 is 23.1 Å². The zero-order valence-electron chi connectivity index (χ0n) is 15.5. The van der Waals surface area contributed by atoms with Crippen LogP contribution in [0.4, 0.5) is 4.39 Å². The number of halogens is 1. The first-order chi connectivity index (χ1) is 13.9. The second-order valence-corrected chi connectivity index (χ2v) is 8.30. The third-order valence-electron chi connectivity index (χ3n) is 4.32. The summed E-state index contributed by atoms with van der Waals surface area (Å²) in [4.78, 5) is 23.1. The molecule has 2 aromatic rings. The number of carbonyl (C=O) groups is 2. The van der Waals surface area contributed by atoms with Crippen LogP contribution in [-0.4, -0.2) is 34.6 Å². The van der Waals surface area contributed by atoms with Crippen molar-refractivity contribution >= 4 is 40.2 Å². The van der Waals surface area contributed by atoms with E-state index in [0.29, 0.717) is 27.8 Å². The van der Waals surface area contributed by atoms with Gasteiger partial charge in [-0.1, -0.05) is 42.2 Å². The number of nitrogens with one attached hydrogen (secondary N) is 1. The average molecular weight is 435 g/mol. The van der Waals surface area contributed by atoms with Gasteiger partial charge in [-0.2, -0.15) is 0 Å². The van der Waals surface area contributed by atoms with Crippen molar-refractivity contribution in [1.29, 1.82) is 0 Å². The Balaban J connectivity index is 1.62. The number of hydrogen-bond donors (Lipinski definition) is 2. The molecular weight excluding hydrogens is 415 g/mol. The van der Waals surface area contributed by atoms with Crippen molar-refractivity contribution in [2.45, 2.75) is 24.1 Å². The molecule has 6 nitrogen and oxygen atoms in total. The van der Waals surface area contributed by atoms with Gasteiger partial charge in [0.2, 0.25) is 5.91 Å². The SMILES string of the molecule is COC(=O)[C@@H](N)Cc1ccc(Oc2ccc(CC3SC(=S)NC3=O)c(F)c2)cc1. The highest BCUT2D eigenvalue weighted by Crippen LogP contribution is 2.28. The third-order valence-corrected chi connectivity index (χ3v) is 5.69. The van der Waals surface area contributed by atoms with Crippen LogP contribution >= 0.6 is 24.0 Å². The van der Waals surface area contributed by atoms with Gasteiger partial charge in [0.25, 0.3) is 0 Å². The van der Waals surface area contributed by atoms with Crippen LogP contribution in [0.25, 0.3) is 0 Å². The number of benzene rings is 2. The molecule has 2 atom stereocenters. The predicted octanol–water partition coefficient (Wildman–Crippen LogP) is 2.72. The number of hydrogen-bond acceptors (Lipinski definition) is 7. The van der Waals surface area contributed by atoms with E-state index in [1.54, 1.807) is 36.4 Å². The Morgan fingerprint density at radius 1 is 1.28 bits per heavy atom. The second-order valence-electron chi connectivity index (χ2n) is 6.42. The first-order valence-electron chi connectivity index (χ1n) is 8.76. The van der Waals surface area contributed by atoms with Crippen LogP contribution in [0, 0.1) is 5.82 Å². The number of amides is 1. The van der Waals surface area contributed by atoms with Crippen molar-refractivity contribution in [2.24, 2.45) is 5.73 Å². The molecule has 0 spiro atoms. The number of esters is 1. The van der Waals surface area contributed by atoms with Crippen molar-refractivity contribution in [3.63, 3.8) is 0 Å². The average Bonchev–Trinajstić information content (AvgIpc) is 3.01. The van der Waals surface area contributed by atoms with Crippen molar-refractivity contribution in [1.82, 2.24) is 5.32 Å². The van der Waals surface area contributed by atoms with E-state index in [-0.39, 0.29) is 12.3 Å². The highest BCUT2D eigenvalue weighted by Gasteiger charge is 2.29. The molecule has 1 aliphatic heterocycles. The molecule has 3 N–H and O–H groups in total. The zero-order valence-corrected chi connectivity index (χ0v) is 17.1. The summed E-state index contributed by atoms with van der Waals surface area (Å²) in [5.74, 6) is -0.273. The molecule has 9 heteroatoms. The Bertz CT molecular complexity index is 937. The van der Waals surface area contributed by atoms with Gasteiger partial charge in [-0.3, -0.25) is 9.59 Å². The maximum Gasteiger partial charge on any atom is 0.322 e.